The maximum absolute atomic E-state index is 6.01. The lowest BCUT2D eigenvalue weighted by Gasteiger charge is -2.16. The van der Waals surface area contributed by atoms with Gasteiger partial charge in [-0.2, -0.15) is 0 Å². The van der Waals surface area contributed by atoms with Gasteiger partial charge in [-0.25, -0.2) is 4.98 Å². The normalized spacial score (nSPS) is 22.9. The van der Waals surface area contributed by atoms with Crippen molar-refractivity contribution in [2.75, 3.05) is 13.1 Å². The summed E-state index contributed by atoms with van der Waals surface area (Å²) in [6.45, 7) is 3.79. The minimum Gasteiger partial charge on any atom is -0.311 e. The Morgan fingerprint density at radius 1 is 1.69 bits per heavy atom. The molecule has 1 aromatic rings. The van der Waals surface area contributed by atoms with E-state index in [0.29, 0.717) is 0 Å². The van der Waals surface area contributed by atoms with E-state index in [0.717, 1.165) is 18.1 Å². The van der Waals surface area contributed by atoms with Crippen LogP contribution in [0.2, 0.25) is 0 Å². The molecule has 2 nitrogen and oxygen atoms in total. The monoisotopic (exact) mass is 214 g/mol. The summed E-state index contributed by atoms with van der Waals surface area (Å²) >= 11 is 7.73. The molecule has 2 heterocycles. The van der Waals surface area contributed by atoms with Crippen molar-refractivity contribution >= 4 is 28.5 Å². The van der Waals surface area contributed by atoms with Gasteiger partial charge in [0.2, 0.25) is 0 Å². The second kappa shape index (κ2) is 3.78. The summed E-state index contributed by atoms with van der Waals surface area (Å²) in [5.74, 6) is 0. The van der Waals surface area contributed by atoms with E-state index in [2.05, 4.69) is 16.4 Å². The van der Waals surface area contributed by atoms with Crippen LogP contribution < -0.4 is 5.32 Å². The summed E-state index contributed by atoms with van der Waals surface area (Å²) in [5, 5.41) is 4.49. The maximum Gasteiger partial charge on any atom is 0.0900 e. The number of nitrogens with one attached hydrogen (secondary N) is 1. The molecule has 2 rings (SSSR count). The average Bonchev–Trinajstić information content (AvgIpc) is 2.52. The van der Waals surface area contributed by atoms with Crippen LogP contribution in [0.3, 0.4) is 0 Å². The quantitative estimate of drug-likeness (QED) is 0.724. The van der Waals surface area contributed by atoms with Crippen LogP contribution in [0.5, 0.6) is 0 Å². The van der Waals surface area contributed by atoms with Crippen LogP contribution in [-0.2, 0) is 0 Å². The highest BCUT2D eigenvalue weighted by Gasteiger charge is 2.13. The van der Waals surface area contributed by atoms with Crippen LogP contribution in [-0.4, -0.2) is 23.5 Å². The molecule has 0 saturated heterocycles. The lowest BCUT2D eigenvalue weighted by molar-refractivity contribution is 0.745. The third-order valence-corrected chi connectivity index (χ3v) is 3.24. The molecule has 1 N–H and O–H groups in total. The number of thiazole rings is 1. The first-order chi connectivity index (χ1) is 6.25. The van der Waals surface area contributed by atoms with Gasteiger partial charge in [0.1, 0.15) is 0 Å². The van der Waals surface area contributed by atoms with E-state index in [1.807, 2.05) is 13.1 Å². The number of nitrogens with zero attached hydrogens (tertiary/aromatic N) is 1. The van der Waals surface area contributed by atoms with Crippen molar-refractivity contribution in [3.63, 3.8) is 0 Å². The third kappa shape index (κ3) is 2.10. The molecule has 0 spiro atoms. The lowest BCUT2D eigenvalue weighted by Crippen LogP contribution is -2.28. The van der Waals surface area contributed by atoms with Gasteiger partial charge in [-0.1, -0.05) is 6.08 Å². The van der Waals surface area contributed by atoms with E-state index in [4.69, 9.17) is 11.6 Å². The zero-order valence-electron chi connectivity index (χ0n) is 7.38. The second-order valence-electron chi connectivity index (χ2n) is 3.08. The molecule has 0 radical (unpaired) electrons. The first kappa shape index (κ1) is 9.19. The molecule has 0 amide bonds. The Hall–Kier alpha value is -0.380. The van der Waals surface area contributed by atoms with Gasteiger partial charge in [0.15, 0.2) is 0 Å². The molecule has 13 heavy (non-hydrogen) atoms. The zero-order chi connectivity index (χ0) is 9.26. The Morgan fingerprint density at radius 3 is 3.15 bits per heavy atom. The molecular weight excluding hydrogens is 204 g/mol. The van der Waals surface area contributed by atoms with Crippen molar-refractivity contribution in [2.24, 2.45) is 0 Å². The molecule has 0 bridgehead atoms. The molecule has 0 aromatic carbocycles. The first-order valence-corrected chi connectivity index (χ1v) is 5.49. The van der Waals surface area contributed by atoms with Crippen LogP contribution in [0, 0.1) is 6.92 Å². The fourth-order valence-electron chi connectivity index (χ4n) is 1.36. The van der Waals surface area contributed by atoms with Gasteiger partial charge in [0, 0.05) is 19.3 Å². The van der Waals surface area contributed by atoms with Crippen LogP contribution in [0.4, 0.5) is 0 Å². The van der Waals surface area contributed by atoms with Crippen LogP contribution in [0.15, 0.2) is 12.3 Å². The van der Waals surface area contributed by atoms with E-state index >= 15 is 0 Å². The number of aromatic nitrogens is 1. The molecule has 0 aliphatic carbocycles. The number of rotatable bonds is 1. The summed E-state index contributed by atoms with van der Waals surface area (Å²) in [6, 6.07) is 0. The Bertz CT molecular complexity index is 332. The van der Waals surface area contributed by atoms with Crippen molar-refractivity contribution < 1.29 is 0 Å². The van der Waals surface area contributed by atoms with E-state index in [-0.39, 0.29) is 5.38 Å². The number of hydrogen-bond donors (Lipinski definition) is 1. The Balaban J connectivity index is 2.25. The highest BCUT2D eigenvalue weighted by Crippen LogP contribution is 2.23. The van der Waals surface area contributed by atoms with Gasteiger partial charge >= 0.3 is 0 Å². The van der Waals surface area contributed by atoms with Crippen molar-refractivity contribution in [3.8, 4) is 0 Å². The molecular formula is C9H11ClN2S. The topological polar surface area (TPSA) is 24.9 Å². The van der Waals surface area contributed by atoms with E-state index in [1.165, 1.54) is 10.5 Å². The molecule has 1 aromatic heterocycles. The SMILES string of the molecule is Cc1ncc(C2=CC(Cl)CNC2)s1. The standard InChI is InChI=1S/C9H11ClN2S/c1-6-12-5-9(13-6)7-2-8(10)4-11-3-7/h2,5,8,11H,3-4H2,1H3. The predicted molar refractivity (Wildman–Crippen MR) is 57.3 cm³/mol. The molecule has 4 heteroatoms. The highest BCUT2D eigenvalue weighted by molar-refractivity contribution is 7.12. The molecule has 1 atom stereocenters. The van der Waals surface area contributed by atoms with E-state index in [1.54, 1.807) is 11.3 Å². The number of hydrogen-bond acceptors (Lipinski definition) is 3. The Morgan fingerprint density at radius 2 is 2.54 bits per heavy atom. The van der Waals surface area contributed by atoms with Crippen molar-refractivity contribution in [1.82, 2.24) is 10.3 Å². The third-order valence-electron chi connectivity index (χ3n) is 1.97. The second-order valence-corrected chi connectivity index (χ2v) is 4.88. The fraction of sp³-hybridized carbons (Fsp3) is 0.444. The van der Waals surface area contributed by atoms with Crippen LogP contribution >= 0.6 is 22.9 Å². The molecule has 0 fully saturated rings. The van der Waals surface area contributed by atoms with Crippen molar-refractivity contribution in [2.45, 2.75) is 12.3 Å². The van der Waals surface area contributed by atoms with Crippen LogP contribution in [0.1, 0.15) is 9.88 Å². The number of aryl methyl sites for hydroxylation is 1. The fourth-order valence-corrected chi connectivity index (χ4v) is 2.42. The zero-order valence-corrected chi connectivity index (χ0v) is 8.95. The van der Waals surface area contributed by atoms with Crippen molar-refractivity contribution in [1.29, 1.82) is 0 Å². The van der Waals surface area contributed by atoms with Gasteiger partial charge in [-0.3, -0.25) is 0 Å². The van der Waals surface area contributed by atoms with Gasteiger partial charge < -0.3 is 5.32 Å². The number of halogens is 1. The Kier molecular flexibility index (Phi) is 2.67. The average molecular weight is 215 g/mol. The summed E-state index contributed by atoms with van der Waals surface area (Å²) < 4.78 is 0. The van der Waals surface area contributed by atoms with Crippen LogP contribution in [0.25, 0.3) is 5.57 Å². The smallest absolute Gasteiger partial charge is 0.0900 e. The number of alkyl halides is 1. The van der Waals surface area contributed by atoms with Gasteiger partial charge in [-0.15, -0.1) is 22.9 Å². The Labute approximate surface area is 86.6 Å². The van der Waals surface area contributed by atoms with Gasteiger partial charge in [0.25, 0.3) is 0 Å². The predicted octanol–water partition coefficient (Wildman–Crippen LogP) is 2.05. The molecule has 0 saturated carbocycles. The molecule has 1 aliphatic heterocycles. The minimum atomic E-state index is 0.117. The molecule has 1 aliphatic rings. The van der Waals surface area contributed by atoms with E-state index in [9.17, 15) is 0 Å². The summed E-state index contributed by atoms with van der Waals surface area (Å²) in [7, 11) is 0. The summed E-state index contributed by atoms with van der Waals surface area (Å²) in [4.78, 5) is 5.46. The highest BCUT2D eigenvalue weighted by atomic mass is 35.5. The molecule has 1 unspecified atom stereocenters. The largest absolute Gasteiger partial charge is 0.311 e. The first-order valence-electron chi connectivity index (χ1n) is 4.24. The lowest BCUT2D eigenvalue weighted by atomic mass is 10.1. The van der Waals surface area contributed by atoms with E-state index < -0.39 is 0 Å². The maximum atomic E-state index is 6.01. The van der Waals surface area contributed by atoms with Crippen molar-refractivity contribution in [3.05, 3.63) is 22.2 Å². The molecule has 70 valence electrons. The summed E-state index contributed by atoms with van der Waals surface area (Å²) in [6.07, 6.45) is 4.04. The van der Waals surface area contributed by atoms with Gasteiger partial charge in [-0.05, 0) is 12.5 Å². The summed E-state index contributed by atoms with van der Waals surface area (Å²) in [5.41, 5.74) is 1.27. The minimum absolute atomic E-state index is 0.117. The van der Waals surface area contributed by atoms with Gasteiger partial charge in [0.05, 0.1) is 15.3 Å².